The van der Waals surface area contributed by atoms with E-state index in [1.54, 1.807) is 0 Å². The van der Waals surface area contributed by atoms with Crippen LogP contribution in [0.4, 0.5) is 0 Å². The second-order valence-corrected chi connectivity index (χ2v) is 22.1. The van der Waals surface area contributed by atoms with Crippen molar-refractivity contribution in [3.8, 4) is 84.3 Å². The van der Waals surface area contributed by atoms with E-state index in [1.807, 2.05) is 0 Å². The minimum absolute atomic E-state index is 0.628. The Bertz CT molecular complexity index is 4700. The zero-order valence-corrected chi connectivity index (χ0v) is 45.3. The Morgan fingerprint density at radius 1 is 0.229 bits per heavy atom. The molecule has 0 spiro atoms. The van der Waals surface area contributed by atoms with Crippen molar-refractivity contribution in [1.82, 2.24) is 23.7 Å². The van der Waals surface area contributed by atoms with Crippen LogP contribution in [0.3, 0.4) is 0 Å². The quantitative estimate of drug-likeness (QED) is 0.145. The average molecular weight is 1060 g/mol. The van der Waals surface area contributed by atoms with Gasteiger partial charge in [0, 0.05) is 54.8 Å². The standard InChI is InChI=1S/C78H51N5/c1-7-19-50(20-8-1)56-33-37-70-64(43-56)65-44-57(51-21-9-2-10-22-51)34-38-71(65)81(70)62-41-60-31-32-61-42-63(82-72-39-35-58(52-23-11-3-12-24-52)45-66(72)67-46-59(36-40-73(67)82)53-25-13-4-14-26-53)48-75-77(61)76(60)74(47-62)83(75)78-79-68(54-27-15-5-16-28-54)49-69(80-78)55-29-17-6-18-30-55/h1-30,33-49H,31-32H2. The summed E-state index contributed by atoms with van der Waals surface area (Å²) < 4.78 is 7.38. The molecule has 0 radical (unpaired) electrons. The van der Waals surface area contributed by atoms with Crippen LogP contribution < -0.4 is 0 Å². The summed E-state index contributed by atoms with van der Waals surface area (Å²) in [4.78, 5) is 11.3. The molecule has 83 heavy (non-hydrogen) atoms. The fraction of sp³-hybridized carbons (Fsp3) is 0.0256. The highest BCUT2D eigenvalue weighted by atomic mass is 15.2. The number of fused-ring (bicyclic) bond motifs is 6. The van der Waals surface area contributed by atoms with Crippen molar-refractivity contribution < 1.29 is 0 Å². The molecule has 0 unspecified atom stereocenters. The van der Waals surface area contributed by atoms with Gasteiger partial charge >= 0.3 is 0 Å². The molecule has 0 atom stereocenters. The second-order valence-electron chi connectivity index (χ2n) is 22.1. The molecule has 1 aliphatic carbocycles. The maximum Gasteiger partial charge on any atom is 0.235 e. The number of aryl methyl sites for hydroxylation is 2. The normalized spacial score (nSPS) is 12.2. The van der Waals surface area contributed by atoms with Crippen LogP contribution in [0.1, 0.15) is 11.1 Å². The van der Waals surface area contributed by atoms with E-state index in [1.165, 1.54) is 88.0 Å². The van der Waals surface area contributed by atoms with Crippen LogP contribution in [0.2, 0.25) is 0 Å². The molecule has 0 saturated carbocycles. The molecule has 0 fully saturated rings. The Balaban J connectivity index is 0.961. The predicted octanol–water partition coefficient (Wildman–Crippen LogP) is 19.9. The predicted molar refractivity (Wildman–Crippen MR) is 345 cm³/mol. The van der Waals surface area contributed by atoms with Crippen LogP contribution in [0.5, 0.6) is 0 Å². The SMILES string of the molecule is c1ccc(-c2ccc3c(c2)c2cc(-c4ccccc4)ccc2n3-c2cc3c4c5c(cc(-n6c7ccc(-c8ccccc8)cc7c7cc(-c8ccccc8)ccc76)cc5n(-c5nc(-c6ccccc6)cc(-c6ccccc6)n5)c4c2)CC3)cc1. The van der Waals surface area contributed by atoms with Gasteiger partial charge in [-0.3, -0.25) is 4.57 Å². The molecule has 0 aliphatic heterocycles. The maximum atomic E-state index is 5.63. The van der Waals surface area contributed by atoms with E-state index >= 15 is 0 Å². The number of aromatic nitrogens is 5. The number of benzene rings is 12. The van der Waals surface area contributed by atoms with Crippen molar-refractivity contribution in [1.29, 1.82) is 0 Å². The minimum atomic E-state index is 0.628. The molecule has 4 heterocycles. The largest absolute Gasteiger partial charge is 0.309 e. The fourth-order valence-electron chi connectivity index (χ4n) is 13.4. The molecule has 5 heteroatoms. The molecule has 0 bridgehead atoms. The van der Waals surface area contributed by atoms with Crippen molar-refractivity contribution in [3.05, 3.63) is 296 Å². The van der Waals surface area contributed by atoms with E-state index < -0.39 is 0 Å². The van der Waals surface area contributed by atoms with Crippen LogP contribution in [0.25, 0.3) is 150 Å². The molecule has 0 N–H and O–H groups in total. The lowest BCUT2D eigenvalue weighted by Crippen LogP contribution is -2.05. The van der Waals surface area contributed by atoms with Crippen LogP contribution in [0, 0.1) is 0 Å². The fourth-order valence-corrected chi connectivity index (χ4v) is 13.4. The number of nitrogens with zero attached hydrogens (tertiary/aromatic N) is 5. The Hall–Kier alpha value is -10.9. The van der Waals surface area contributed by atoms with Gasteiger partial charge in [0.15, 0.2) is 0 Å². The summed E-state index contributed by atoms with van der Waals surface area (Å²) in [6, 6.07) is 104. The summed E-state index contributed by atoms with van der Waals surface area (Å²) in [5.41, 5.74) is 25.0. The number of rotatable bonds is 9. The highest BCUT2D eigenvalue weighted by Crippen LogP contribution is 2.46. The molecule has 1 aliphatic rings. The molecule has 388 valence electrons. The summed E-state index contributed by atoms with van der Waals surface area (Å²) in [7, 11) is 0. The van der Waals surface area contributed by atoms with Gasteiger partial charge in [-0.1, -0.05) is 206 Å². The summed E-state index contributed by atoms with van der Waals surface area (Å²) >= 11 is 0. The van der Waals surface area contributed by atoms with E-state index in [2.05, 4.69) is 299 Å². The maximum absolute atomic E-state index is 5.63. The Labute approximate surface area is 479 Å². The van der Waals surface area contributed by atoms with E-state index in [0.29, 0.717) is 5.95 Å². The monoisotopic (exact) mass is 1060 g/mol. The van der Waals surface area contributed by atoms with Gasteiger partial charge in [0.25, 0.3) is 0 Å². The lowest BCUT2D eigenvalue weighted by Gasteiger charge is -2.18. The van der Waals surface area contributed by atoms with Gasteiger partial charge in [-0.2, -0.15) is 0 Å². The van der Waals surface area contributed by atoms with E-state index in [9.17, 15) is 0 Å². The molecule has 17 rings (SSSR count). The molecular weight excluding hydrogens is 1010 g/mol. The minimum Gasteiger partial charge on any atom is -0.309 e. The third-order valence-electron chi connectivity index (χ3n) is 17.3. The third-order valence-corrected chi connectivity index (χ3v) is 17.3. The molecule has 16 aromatic rings. The molecule has 0 amide bonds. The Morgan fingerprint density at radius 2 is 0.518 bits per heavy atom. The van der Waals surface area contributed by atoms with E-state index in [4.69, 9.17) is 9.97 Å². The first-order valence-corrected chi connectivity index (χ1v) is 28.7. The molecular formula is C78H51N5. The lowest BCUT2D eigenvalue weighted by molar-refractivity contribution is 0.962. The topological polar surface area (TPSA) is 40.6 Å². The van der Waals surface area contributed by atoms with Crippen LogP contribution in [-0.4, -0.2) is 23.7 Å². The van der Waals surface area contributed by atoms with Crippen molar-refractivity contribution in [3.63, 3.8) is 0 Å². The molecule has 12 aromatic carbocycles. The van der Waals surface area contributed by atoms with Gasteiger partial charge in [0.2, 0.25) is 5.95 Å². The van der Waals surface area contributed by atoms with E-state index in [-0.39, 0.29) is 0 Å². The molecule has 5 nitrogen and oxygen atoms in total. The van der Waals surface area contributed by atoms with Crippen molar-refractivity contribution >= 4 is 65.4 Å². The first-order valence-electron chi connectivity index (χ1n) is 28.7. The Kier molecular flexibility index (Phi) is 10.7. The third kappa shape index (κ3) is 7.70. The van der Waals surface area contributed by atoms with Crippen molar-refractivity contribution in [2.45, 2.75) is 12.8 Å². The summed E-state index contributed by atoms with van der Waals surface area (Å²) in [6.45, 7) is 0. The van der Waals surface area contributed by atoms with Gasteiger partial charge in [-0.15, -0.1) is 0 Å². The van der Waals surface area contributed by atoms with Gasteiger partial charge in [-0.25, -0.2) is 9.97 Å². The van der Waals surface area contributed by atoms with E-state index in [0.717, 1.165) is 79.8 Å². The van der Waals surface area contributed by atoms with Crippen LogP contribution in [-0.2, 0) is 12.8 Å². The van der Waals surface area contributed by atoms with Gasteiger partial charge in [0.05, 0.1) is 44.5 Å². The average Bonchev–Trinajstić information content (AvgIpc) is 2.75. The highest BCUT2D eigenvalue weighted by Gasteiger charge is 2.28. The zero-order valence-electron chi connectivity index (χ0n) is 45.3. The first kappa shape index (κ1) is 47.0. The molecule has 0 saturated heterocycles. The number of hydrogen-bond acceptors (Lipinski definition) is 2. The summed E-state index contributed by atoms with van der Waals surface area (Å²) in [5, 5.41) is 7.36. The molecule has 4 aromatic heterocycles. The number of hydrogen-bond donors (Lipinski definition) is 0. The second kappa shape index (κ2) is 18.9. The summed E-state index contributed by atoms with van der Waals surface area (Å²) in [6.07, 6.45) is 1.75. The van der Waals surface area contributed by atoms with Crippen molar-refractivity contribution in [2.24, 2.45) is 0 Å². The first-order chi connectivity index (χ1) is 41.1. The van der Waals surface area contributed by atoms with Gasteiger partial charge in [-0.05, 0) is 147 Å². The smallest absolute Gasteiger partial charge is 0.235 e. The Morgan fingerprint density at radius 3 is 0.819 bits per heavy atom. The highest BCUT2D eigenvalue weighted by molar-refractivity contribution is 6.17. The van der Waals surface area contributed by atoms with Crippen LogP contribution >= 0.6 is 0 Å². The van der Waals surface area contributed by atoms with Crippen LogP contribution in [0.15, 0.2) is 285 Å². The summed E-state index contributed by atoms with van der Waals surface area (Å²) in [5.74, 6) is 0.628. The van der Waals surface area contributed by atoms with Gasteiger partial charge < -0.3 is 9.13 Å². The lowest BCUT2D eigenvalue weighted by atomic mass is 9.90. The van der Waals surface area contributed by atoms with Crippen molar-refractivity contribution in [2.75, 3.05) is 0 Å². The zero-order chi connectivity index (χ0) is 54.5. The van der Waals surface area contributed by atoms with Gasteiger partial charge in [0.1, 0.15) is 0 Å².